The number of hydrogen-bond donors (Lipinski definition) is 4. The number of esters is 1. The Morgan fingerprint density at radius 2 is 1.67 bits per heavy atom. The number of carbonyl (C=O) groups is 1. The summed E-state index contributed by atoms with van der Waals surface area (Å²) in [6, 6.07) is -0.360. The molecule has 5 aliphatic rings. The van der Waals surface area contributed by atoms with Crippen LogP contribution in [0.1, 0.15) is 94.9 Å². The van der Waals surface area contributed by atoms with Gasteiger partial charge in [-0.15, -0.1) is 0 Å². The van der Waals surface area contributed by atoms with Gasteiger partial charge in [-0.2, -0.15) is 0 Å². The second kappa shape index (κ2) is 18.8. The molecule has 5 saturated heterocycles. The number of nitrogens with zero attached hydrogens (tertiary/aromatic N) is 1. The first kappa shape index (κ1) is 46.4. The van der Waals surface area contributed by atoms with Gasteiger partial charge < -0.3 is 63.4 Å². The summed E-state index contributed by atoms with van der Waals surface area (Å²) in [6.07, 6.45) is -6.55. The molecule has 5 rings (SSSR count). The third-order valence-corrected chi connectivity index (χ3v) is 12.7. The standard InChI is InChI=1S/C41H74N2O12/c1-15-30-41(11,47)35-23(3)19-42-24(4)17-40(10,50-21-22(2)20-49-35)36(55-38-32(44)29(43(12)13)16-25(5)51-38)26(6)33(27(7)37(46)53-30)54-31-18-39(9,48-14)34(45)28(8)52-31/h23-36,38,42,44-45,47H,2,15-21H2,1,3-14H3/t23-,24+,25+,26-,27+,28-,29-,30+,31-,32+,33-,34-,35-,36+,38-,39+,40+,41+/m0/s1. The Kier molecular flexibility index (Phi) is 15.8. The SMILES string of the molecule is C=C1CO[C@H]2[C@@H](C)CN[C@H](C)C[C@@](C)(OC1)[C@H](O[C@@H]1O[C@H](C)C[C@H](N(C)C)[C@H]1O)[C@@H](C)[C@H](O[C@H]1C[C@@](C)(OC)[C@@H](O)[C@H](C)O1)[C@@H](C)C(=O)O[C@H](CC)[C@@]2(C)O. The van der Waals surface area contributed by atoms with E-state index >= 15 is 0 Å². The van der Waals surface area contributed by atoms with Gasteiger partial charge in [-0.05, 0) is 93.3 Å². The van der Waals surface area contributed by atoms with Crippen molar-refractivity contribution in [3.05, 3.63) is 12.2 Å². The fourth-order valence-electron chi connectivity index (χ4n) is 9.30. The Morgan fingerprint density at radius 3 is 2.29 bits per heavy atom. The van der Waals surface area contributed by atoms with Crippen molar-refractivity contribution in [2.75, 3.05) is 41.0 Å². The van der Waals surface area contributed by atoms with Crippen molar-refractivity contribution in [1.82, 2.24) is 10.2 Å². The second-order valence-electron chi connectivity index (χ2n) is 17.9. The lowest BCUT2D eigenvalue weighted by Crippen LogP contribution is -2.61. The van der Waals surface area contributed by atoms with Gasteiger partial charge in [-0.25, -0.2) is 0 Å². The van der Waals surface area contributed by atoms with Crippen LogP contribution in [0.2, 0.25) is 0 Å². The number of fused-ring (bicyclic) bond motifs is 15. The third-order valence-electron chi connectivity index (χ3n) is 12.7. The van der Waals surface area contributed by atoms with Crippen molar-refractivity contribution in [3.63, 3.8) is 0 Å². The topological polar surface area (TPSA) is 167 Å². The molecule has 14 nitrogen and oxygen atoms in total. The molecule has 14 heteroatoms. The summed E-state index contributed by atoms with van der Waals surface area (Å²) < 4.78 is 52.0. The summed E-state index contributed by atoms with van der Waals surface area (Å²) in [5, 5.41) is 38.7. The molecule has 18 atom stereocenters. The summed E-state index contributed by atoms with van der Waals surface area (Å²) in [5.41, 5.74) is -2.98. The summed E-state index contributed by atoms with van der Waals surface area (Å²) in [7, 11) is 5.39. The van der Waals surface area contributed by atoms with Crippen molar-refractivity contribution in [1.29, 1.82) is 0 Å². The Hall–Kier alpha value is -1.27. The highest BCUT2D eigenvalue weighted by molar-refractivity contribution is 5.73. The molecule has 5 fully saturated rings. The van der Waals surface area contributed by atoms with Gasteiger partial charge in [0.15, 0.2) is 12.6 Å². The number of aliphatic hydroxyl groups excluding tert-OH is 2. The first-order valence-electron chi connectivity index (χ1n) is 20.4. The molecular weight excluding hydrogens is 712 g/mol. The van der Waals surface area contributed by atoms with Gasteiger partial charge in [-0.3, -0.25) is 4.79 Å². The summed E-state index contributed by atoms with van der Waals surface area (Å²) in [6.45, 7) is 23.8. The monoisotopic (exact) mass is 787 g/mol. The minimum atomic E-state index is -1.57. The average molecular weight is 787 g/mol. The molecule has 0 radical (unpaired) electrons. The van der Waals surface area contributed by atoms with E-state index in [-0.39, 0.29) is 43.7 Å². The molecule has 0 amide bonds. The van der Waals surface area contributed by atoms with E-state index in [1.54, 1.807) is 27.9 Å². The molecule has 0 aliphatic carbocycles. The molecule has 0 aromatic carbocycles. The van der Waals surface area contributed by atoms with E-state index in [0.717, 1.165) is 0 Å². The van der Waals surface area contributed by atoms with Crippen LogP contribution in [0.5, 0.6) is 0 Å². The Bertz CT molecular complexity index is 1270. The average Bonchev–Trinajstić information content (AvgIpc) is 3.11. The fourth-order valence-corrected chi connectivity index (χ4v) is 9.30. The summed E-state index contributed by atoms with van der Waals surface area (Å²) in [5.74, 6) is -2.32. The Balaban J connectivity index is 1.91. The predicted octanol–water partition coefficient (Wildman–Crippen LogP) is 3.18. The highest BCUT2D eigenvalue weighted by Gasteiger charge is 2.53. The number of nitrogens with one attached hydrogen (secondary N) is 1. The van der Waals surface area contributed by atoms with Gasteiger partial charge >= 0.3 is 5.97 Å². The second-order valence-corrected chi connectivity index (χ2v) is 17.9. The molecular formula is C41H74N2O12. The molecule has 320 valence electrons. The molecule has 0 saturated carbocycles. The first-order chi connectivity index (χ1) is 25.6. The molecule has 55 heavy (non-hydrogen) atoms. The molecule has 0 unspecified atom stereocenters. The zero-order valence-corrected chi connectivity index (χ0v) is 35.8. The van der Waals surface area contributed by atoms with E-state index in [9.17, 15) is 20.1 Å². The third kappa shape index (κ3) is 10.5. The number of hydrogen-bond acceptors (Lipinski definition) is 14. The quantitative estimate of drug-likeness (QED) is 0.220. The minimum absolute atomic E-state index is 0.109. The summed E-state index contributed by atoms with van der Waals surface area (Å²) >= 11 is 0. The lowest BCUT2D eigenvalue weighted by atomic mass is 9.78. The van der Waals surface area contributed by atoms with E-state index < -0.39 is 89.9 Å². The minimum Gasteiger partial charge on any atom is -0.459 e. The van der Waals surface area contributed by atoms with Gasteiger partial charge in [0, 0.05) is 38.1 Å². The molecule has 4 N–H and O–H groups in total. The molecule has 5 heterocycles. The highest BCUT2D eigenvalue weighted by atomic mass is 16.7. The van der Waals surface area contributed by atoms with Crippen molar-refractivity contribution in [3.8, 4) is 0 Å². The Morgan fingerprint density at radius 1 is 1.00 bits per heavy atom. The van der Waals surface area contributed by atoms with Gasteiger partial charge in [0.1, 0.15) is 23.9 Å². The maximum absolute atomic E-state index is 14.5. The van der Waals surface area contributed by atoms with E-state index in [4.69, 9.17) is 37.9 Å². The van der Waals surface area contributed by atoms with Crippen molar-refractivity contribution < 1.29 is 58.0 Å². The number of likely N-dealkylation sites (N-methyl/N-ethyl adjacent to an activating group) is 1. The van der Waals surface area contributed by atoms with Crippen molar-refractivity contribution >= 4 is 5.97 Å². The van der Waals surface area contributed by atoms with Crippen molar-refractivity contribution in [2.45, 2.75) is 185 Å². The van der Waals surface area contributed by atoms with Crippen LogP contribution < -0.4 is 5.32 Å². The van der Waals surface area contributed by atoms with Crippen LogP contribution in [0, 0.1) is 17.8 Å². The molecule has 0 aromatic heterocycles. The normalized spacial score (nSPS) is 48.6. The van der Waals surface area contributed by atoms with Crippen LogP contribution in [-0.2, 0) is 42.7 Å². The van der Waals surface area contributed by atoms with Crippen LogP contribution in [0.3, 0.4) is 0 Å². The molecule has 2 bridgehead atoms. The van der Waals surface area contributed by atoms with Gasteiger partial charge in [0.05, 0.1) is 60.9 Å². The van der Waals surface area contributed by atoms with Crippen molar-refractivity contribution in [2.24, 2.45) is 17.8 Å². The largest absolute Gasteiger partial charge is 0.459 e. The first-order valence-corrected chi connectivity index (χ1v) is 20.4. The maximum atomic E-state index is 14.5. The number of methoxy groups -OCH3 is 1. The highest BCUT2D eigenvalue weighted by Crippen LogP contribution is 2.41. The number of carbonyl (C=O) groups excluding carboxylic acids is 1. The smallest absolute Gasteiger partial charge is 0.311 e. The van der Waals surface area contributed by atoms with Gasteiger partial charge in [-0.1, -0.05) is 27.4 Å². The summed E-state index contributed by atoms with van der Waals surface area (Å²) in [4.78, 5) is 16.5. The van der Waals surface area contributed by atoms with E-state index in [1.165, 1.54) is 0 Å². The predicted molar refractivity (Wildman–Crippen MR) is 206 cm³/mol. The van der Waals surface area contributed by atoms with Gasteiger partial charge in [0.2, 0.25) is 0 Å². The Labute approximate surface area is 329 Å². The maximum Gasteiger partial charge on any atom is 0.311 e. The lowest BCUT2D eigenvalue weighted by Gasteiger charge is -2.50. The zero-order valence-electron chi connectivity index (χ0n) is 35.8. The van der Waals surface area contributed by atoms with Crippen LogP contribution in [0.25, 0.3) is 0 Å². The number of ether oxygens (including phenoxy) is 8. The van der Waals surface area contributed by atoms with Crippen LogP contribution in [-0.4, -0.2) is 157 Å². The molecule has 5 aliphatic heterocycles. The van der Waals surface area contributed by atoms with Crippen LogP contribution in [0.4, 0.5) is 0 Å². The van der Waals surface area contributed by atoms with E-state index in [1.807, 2.05) is 60.5 Å². The number of rotatable bonds is 7. The lowest BCUT2D eigenvalue weighted by molar-refractivity contribution is -0.320. The van der Waals surface area contributed by atoms with Gasteiger partial charge in [0.25, 0.3) is 0 Å². The molecule has 0 spiro atoms. The van der Waals surface area contributed by atoms with Crippen LogP contribution >= 0.6 is 0 Å². The van der Waals surface area contributed by atoms with E-state index in [0.29, 0.717) is 31.4 Å². The fraction of sp³-hybridized carbons (Fsp3) is 0.927. The molecule has 0 aromatic rings. The van der Waals surface area contributed by atoms with E-state index in [2.05, 4.69) is 18.8 Å². The zero-order chi connectivity index (χ0) is 41.2. The van der Waals surface area contributed by atoms with Crippen LogP contribution in [0.15, 0.2) is 12.2 Å². The number of aliphatic hydroxyl groups is 3.